The number of nitrogens with zero attached hydrogens (tertiary/aromatic N) is 1. The van der Waals surface area contributed by atoms with Gasteiger partial charge >= 0.3 is 12.1 Å². The first-order valence-electron chi connectivity index (χ1n) is 5.41. The number of methoxy groups -OCH3 is 1. The summed E-state index contributed by atoms with van der Waals surface area (Å²) >= 11 is 0. The van der Waals surface area contributed by atoms with E-state index < -0.39 is 6.09 Å². The minimum Gasteiger partial charge on any atom is -0.466 e. The van der Waals surface area contributed by atoms with Gasteiger partial charge in [0.15, 0.2) is 0 Å². The van der Waals surface area contributed by atoms with Gasteiger partial charge in [0.1, 0.15) is 6.61 Å². The molecule has 0 N–H and O–H groups in total. The number of rotatable bonds is 5. The van der Waals surface area contributed by atoms with Crippen LogP contribution >= 0.6 is 0 Å². The summed E-state index contributed by atoms with van der Waals surface area (Å²) in [5.41, 5.74) is 0.517. The molecule has 1 rings (SSSR count). The molecule has 1 heterocycles. The van der Waals surface area contributed by atoms with E-state index in [0.717, 1.165) is 12.8 Å². The molecule has 90 valence electrons. The number of unbranched alkanes of at least 4 members (excludes halogenated alkanes) is 1. The molecule has 0 aliphatic carbocycles. The van der Waals surface area contributed by atoms with E-state index in [1.165, 1.54) is 18.2 Å². The van der Waals surface area contributed by atoms with E-state index in [4.69, 9.17) is 4.74 Å². The van der Waals surface area contributed by atoms with Crippen molar-refractivity contribution in [3.63, 3.8) is 0 Å². The maximum Gasteiger partial charge on any atom is 0.413 e. The zero-order chi connectivity index (χ0) is 12.0. The van der Waals surface area contributed by atoms with Crippen LogP contribution in [0, 0.1) is 0 Å². The quantitative estimate of drug-likeness (QED) is 0.529. The zero-order valence-corrected chi connectivity index (χ0v) is 9.69. The molecule has 1 amide bonds. The van der Waals surface area contributed by atoms with E-state index in [1.807, 2.05) is 6.92 Å². The van der Waals surface area contributed by atoms with Crippen LogP contribution in [0.15, 0.2) is 11.8 Å². The van der Waals surface area contributed by atoms with Gasteiger partial charge in [0.25, 0.3) is 0 Å². The van der Waals surface area contributed by atoms with Crippen molar-refractivity contribution in [3.05, 3.63) is 11.8 Å². The van der Waals surface area contributed by atoms with E-state index in [-0.39, 0.29) is 5.97 Å². The molecule has 0 atom stereocenters. The van der Waals surface area contributed by atoms with Crippen molar-refractivity contribution < 1.29 is 19.1 Å². The molecule has 0 aromatic heterocycles. The van der Waals surface area contributed by atoms with Crippen LogP contribution < -0.4 is 0 Å². The summed E-state index contributed by atoms with van der Waals surface area (Å²) in [5.74, 6) is -0.381. The highest BCUT2D eigenvalue weighted by molar-refractivity contribution is 5.89. The number of hydrogen-bond acceptors (Lipinski definition) is 4. The Labute approximate surface area is 95.0 Å². The lowest BCUT2D eigenvalue weighted by molar-refractivity contribution is -0.136. The average molecular weight is 227 g/mol. The molecule has 0 bridgehead atoms. The molecule has 1 fully saturated rings. The molecule has 0 spiro atoms. The van der Waals surface area contributed by atoms with Gasteiger partial charge in [-0.05, 0) is 12.8 Å². The third-order valence-corrected chi connectivity index (χ3v) is 2.35. The molecule has 0 aromatic carbocycles. The predicted molar refractivity (Wildman–Crippen MR) is 57.7 cm³/mol. The minimum absolute atomic E-state index is 0.373. The second-order valence-electron chi connectivity index (χ2n) is 3.56. The normalized spacial score (nSPS) is 16.2. The van der Waals surface area contributed by atoms with Crippen LogP contribution in [0.2, 0.25) is 0 Å². The van der Waals surface area contributed by atoms with Gasteiger partial charge in [-0.15, -0.1) is 0 Å². The Kier molecular flexibility index (Phi) is 4.82. The maximum atomic E-state index is 11.4. The number of amides is 1. The van der Waals surface area contributed by atoms with Gasteiger partial charge in [-0.3, -0.25) is 4.90 Å². The van der Waals surface area contributed by atoms with Crippen LogP contribution in [0.25, 0.3) is 0 Å². The Bertz CT molecular complexity index is 298. The summed E-state index contributed by atoms with van der Waals surface area (Å²) in [6, 6.07) is 0. The molecular weight excluding hydrogens is 210 g/mol. The summed E-state index contributed by atoms with van der Waals surface area (Å²) in [6.45, 7) is 2.90. The largest absolute Gasteiger partial charge is 0.466 e. The summed E-state index contributed by atoms with van der Waals surface area (Å²) in [4.78, 5) is 24.0. The smallest absolute Gasteiger partial charge is 0.413 e. The SMILES string of the molecule is CCCC/C(=C\N1CCOC1=O)C(=O)OC. The van der Waals surface area contributed by atoms with Crippen molar-refractivity contribution in [1.29, 1.82) is 0 Å². The van der Waals surface area contributed by atoms with Crippen LogP contribution in [0.5, 0.6) is 0 Å². The second-order valence-corrected chi connectivity index (χ2v) is 3.56. The third-order valence-electron chi connectivity index (χ3n) is 2.35. The predicted octanol–water partition coefficient (Wildman–Crippen LogP) is 1.69. The highest BCUT2D eigenvalue weighted by Gasteiger charge is 2.22. The summed E-state index contributed by atoms with van der Waals surface area (Å²) in [7, 11) is 1.34. The molecule has 0 aromatic rings. The molecular formula is C11H17NO4. The van der Waals surface area contributed by atoms with Crippen molar-refractivity contribution in [2.45, 2.75) is 26.2 Å². The summed E-state index contributed by atoms with van der Waals surface area (Å²) in [6.07, 6.45) is 3.63. The van der Waals surface area contributed by atoms with Gasteiger partial charge < -0.3 is 9.47 Å². The molecule has 5 heteroatoms. The lowest BCUT2D eigenvalue weighted by Gasteiger charge is -2.10. The molecule has 0 radical (unpaired) electrons. The Balaban J connectivity index is 2.69. The van der Waals surface area contributed by atoms with Gasteiger partial charge in [-0.1, -0.05) is 13.3 Å². The number of cyclic esters (lactones) is 1. The van der Waals surface area contributed by atoms with Crippen LogP contribution in [0.3, 0.4) is 0 Å². The highest BCUT2D eigenvalue weighted by atomic mass is 16.6. The van der Waals surface area contributed by atoms with Gasteiger partial charge in [-0.2, -0.15) is 0 Å². The Morgan fingerprint density at radius 3 is 2.88 bits per heavy atom. The van der Waals surface area contributed by atoms with Crippen LogP contribution in [0.4, 0.5) is 4.79 Å². The first kappa shape index (κ1) is 12.5. The van der Waals surface area contributed by atoms with E-state index in [2.05, 4.69) is 4.74 Å². The van der Waals surface area contributed by atoms with Crippen molar-refractivity contribution in [2.24, 2.45) is 0 Å². The third kappa shape index (κ3) is 3.25. The summed E-state index contributed by atoms with van der Waals surface area (Å²) < 4.78 is 9.44. The Morgan fingerprint density at radius 1 is 1.62 bits per heavy atom. The topological polar surface area (TPSA) is 55.8 Å². The fourth-order valence-electron chi connectivity index (χ4n) is 1.43. The second kappa shape index (κ2) is 6.15. The molecule has 16 heavy (non-hydrogen) atoms. The molecule has 1 aliphatic rings. The van der Waals surface area contributed by atoms with Gasteiger partial charge in [-0.25, -0.2) is 9.59 Å². The van der Waals surface area contributed by atoms with Crippen molar-refractivity contribution in [1.82, 2.24) is 4.90 Å². The maximum absolute atomic E-state index is 11.4. The number of carbonyl (C=O) groups excluding carboxylic acids is 2. The molecule has 1 aliphatic heterocycles. The van der Waals surface area contributed by atoms with Crippen LogP contribution in [-0.4, -0.2) is 37.2 Å². The Morgan fingerprint density at radius 2 is 2.38 bits per heavy atom. The number of esters is 1. The van der Waals surface area contributed by atoms with Crippen molar-refractivity contribution in [3.8, 4) is 0 Å². The fraction of sp³-hybridized carbons (Fsp3) is 0.636. The summed E-state index contributed by atoms with van der Waals surface area (Å²) in [5, 5.41) is 0. The van der Waals surface area contributed by atoms with Gasteiger partial charge in [0, 0.05) is 6.20 Å². The first-order chi connectivity index (χ1) is 7.69. The molecule has 0 unspecified atom stereocenters. The fourth-order valence-corrected chi connectivity index (χ4v) is 1.43. The van der Waals surface area contributed by atoms with Crippen molar-refractivity contribution in [2.75, 3.05) is 20.3 Å². The molecule has 5 nitrogen and oxygen atoms in total. The number of hydrogen-bond donors (Lipinski definition) is 0. The average Bonchev–Trinajstić information content (AvgIpc) is 2.69. The molecule has 0 saturated carbocycles. The minimum atomic E-state index is -0.405. The first-order valence-corrected chi connectivity index (χ1v) is 5.41. The van der Waals surface area contributed by atoms with Crippen molar-refractivity contribution >= 4 is 12.1 Å². The lowest BCUT2D eigenvalue weighted by Crippen LogP contribution is -2.20. The van der Waals surface area contributed by atoms with E-state index in [1.54, 1.807) is 0 Å². The monoisotopic (exact) mass is 227 g/mol. The number of carbonyl (C=O) groups is 2. The van der Waals surface area contributed by atoms with E-state index in [9.17, 15) is 9.59 Å². The van der Waals surface area contributed by atoms with Gasteiger partial charge in [0.05, 0.1) is 19.2 Å². The highest BCUT2D eigenvalue weighted by Crippen LogP contribution is 2.13. The van der Waals surface area contributed by atoms with Crippen LogP contribution in [0.1, 0.15) is 26.2 Å². The Hall–Kier alpha value is -1.52. The lowest BCUT2D eigenvalue weighted by atomic mass is 10.1. The standard InChI is InChI=1S/C11H17NO4/c1-3-4-5-9(10(13)15-2)8-12-6-7-16-11(12)14/h8H,3-7H2,1-2H3/b9-8+. The van der Waals surface area contributed by atoms with Gasteiger partial charge in [0.2, 0.25) is 0 Å². The zero-order valence-electron chi connectivity index (χ0n) is 9.69. The van der Waals surface area contributed by atoms with E-state index >= 15 is 0 Å². The van der Waals surface area contributed by atoms with E-state index in [0.29, 0.717) is 25.1 Å². The molecule has 1 saturated heterocycles. The van der Waals surface area contributed by atoms with Crippen LogP contribution in [-0.2, 0) is 14.3 Å². The number of ether oxygens (including phenoxy) is 2.